The summed E-state index contributed by atoms with van der Waals surface area (Å²) in [5.74, 6) is -1.71. The largest absolute Gasteiger partial charge is 0.478 e. The molecule has 0 atom stereocenters. The lowest BCUT2D eigenvalue weighted by Crippen LogP contribution is -1.99. The fraction of sp³-hybridized carbons (Fsp3) is 0.100. The van der Waals surface area contributed by atoms with Gasteiger partial charge < -0.3 is 9.84 Å². The molecular formula is C10H8ClNO4. The van der Waals surface area contributed by atoms with Crippen LogP contribution in [0.2, 0.25) is 5.15 Å². The number of carbonyl (C=O) groups is 2. The summed E-state index contributed by atoms with van der Waals surface area (Å²) in [7, 11) is 1.25. The van der Waals surface area contributed by atoms with Gasteiger partial charge in [-0.3, -0.25) is 0 Å². The highest BCUT2D eigenvalue weighted by Crippen LogP contribution is 2.15. The van der Waals surface area contributed by atoms with E-state index in [4.69, 9.17) is 16.7 Å². The van der Waals surface area contributed by atoms with Gasteiger partial charge in [-0.25, -0.2) is 14.6 Å². The summed E-state index contributed by atoms with van der Waals surface area (Å²) in [6.07, 6.45) is 3.91. The van der Waals surface area contributed by atoms with Crippen LogP contribution in [-0.4, -0.2) is 29.1 Å². The Hall–Kier alpha value is -1.88. The predicted molar refractivity (Wildman–Crippen MR) is 57.3 cm³/mol. The monoisotopic (exact) mass is 241 g/mol. The van der Waals surface area contributed by atoms with Crippen LogP contribution in [0, 0.1) is 0 Å². The van der Waals surface area contributed by atoms with Crippen LogP contribution >= 0.6 is 11.6 Å². The Labute approximate surface area is 96.3 Å². The number of esters is 1. The molecule has 0 amide bonds. The van der Waals surface area contributed by atoms with Crippen molar-refractivity contribution in [2.45, 2.75) is 0 Å². The molecule has 0 aliphatic carbocycles. The van der Waals surface area contributed by atoms with E-state index in [2.05, 4.69) is 9.72 Å². The standard InChI is InChI=1S/C10H8ClNO4/c1-16-8(13)3-2-6-4-7(10(14)15)9(11)12-5-6/h2-5H,1H3,(H,14,15). The highest BCUT2D eigenvalue weighted by molar-refractivity contribution is 6.32. The molecule has 0 spiro atoms. The molecule has 5 nitrogen and oxygen atoms in total. The first-order valence-corrected chi connectivity index (χ1v) is 4.57. The molecule has 0 saturated carbocycles. The van der Waals surface area contributed by atoms with Crippen LogP contribution in [0.1, 0.15) is 15.9 Å². The van der Waals surface area contributed by atoms with Gasteiger partial charge in [0.15, 0.2) is 0 Å². The van der Waals surface area contributed by atoms with Gasteiger partial charge in [-0.1, -0.05) is 11.6 Å². The van der Waals surface area contributed by atoms with Crippen molar-refractivity contribution < 1.29 is 19.4 Å². The second-order valence-corrected chi connectivity index (χ2v) is 3.13. The third kappa shape index (κ3) is 3.06. The first-order valence-electron chi connectivity index (χ1n) is 4.19. The molecule has 0 unspecified atom stereocenters. The average Bonchev–Trinajstić information content (AvgIpc) is 2.27. The van der Waals surface area contributed by atoms with E-state index < -0.39 is 11.9 Å². The third-order valence-corrected chi connectivity index (χ3v) is 2.00. The summed E-state index contributed by atoms with van der Waals surface area (Å²) in [6.45, 7) is 0. The molecule has 0 aromatic carbocycles. The van der Waals surface area contributed by atoms with E-state index in [0.29, 0.717) is 5.56 Å². The van der Waals surface area contributed by atoms with Crippen LogP contribution in [0.5, 0.6) is 0 Å². The van der Waals surface area contributed by atoms with Crippen molar-refractivity contribution in [3.05, 3.63) is 34.6 Å². The zero-order valence-corrected chi connectivity index (χ0v) is 9.06. The summed E-state index contributed by atoms with van der Waals surface area (Å²) >= 11 is 5.57. The van der Waals surface area contributed by atoms with E-state index in [1.165, 1.54) is 25.4 Å². The average molecular weight is 242 g/mol. The van der Waals surface area contributed by atoms with Gasteiger partial charge in [-0.05, 0) is 17.7 Å². The van der Waals surface area contributed by atoms with Gasteiger partial charge in [-0.2, -0.15) is 0 Å². The summed E-state index contributed by atoms with van der Waals surface area (Å²) in [5.41, 5.74) is 0.334. The Bertz CT molecular complexity index is 456. The molecule has 1 aromatic heterocycles. The van der Waals surface area contributed by atoms with Gasteiger partial charge in [0.25, 0.3) is 0 Å². The molecule has 0 saturated heterocycles. The summed E-state index contributed by atoms with van der Waals surface area (Å²) in [6, 6.07) is 1.32. The lowest BCUT2D eigenvalue weighted by molar-refractivity contribution is -0.134. The zero-order chi connectivity index (χ0) is 12.1. The Morgan fingerprint density at radius 1 is 1.56 bits per heavy atom. The molecule has 0 aliphatic heterocycles. The van der Waals surface area contributed by atoms with E-state index in [1.54, 1.807) is 0 Å². The molecule has 84 valence electrons. The van der Waals surface area contributed by atoms with Gasteiger partial charge in [0.2, 0.25) is 0 Å². The molecule has 1 N–H and O–H groups in total. The minimum atomic E-state index is -1.18. The van der Waals surface area contributed by atoms with E-state index in [1.807, 2.05) is 0 Å². The Morgan fingerprint density at radius 3 is 2.81 bits per heavy atom. The molecule has 16 heavy (non-hydrogen) atoms. The molecular weight excluding hydrogens is 234 g/mol. The lowest BCUT2D eigenvalue weighted by Gasteiger charge is -1.99. The van der Waals surface area contributed by atoms with Gasteiger partial charge in [0.1, 0.15) is 5.15 Å². The van der Waals surface area contributed by atoms with Gasteiger partial charge in [0.05, 0.1) is 12.7 Å². The van der Waals surface area contributed by atoms with Crippen molar-refractivity contribution in [3.8, 4) is 0 Å². The quantitative estimate of drug-likeness (QED) is 0.494. The number of pyridine rings is 1. The first-order chi connectivity index (χ1) is 7.54. The zero-order valence-electron chi connectivity index (χ0n) is 8.31. The molecule has 0 aliphatic rings. The Balaban J connectivity index is 2.99. The molecule has 0 radical (unpaired) electrons. The maximum atomic E-state index is 10.8. The highest BCUT2D eigenvalue weighted by atomic mass is 35.5. The fourth-order valence-corrected chi connectivity index (χ4v) is 1.12. The number of carboxylic acids is 1. The van der Waals surface area contributed by atoms with Crippen molar-refractivity contribution in [2.24, 2.45) is 0 Å². The van der Waals surface area contributed by atoms with Crippen molar-refractivity contribution in [3.63, 3.8) is 0 Å². The number of rotatable bonds is 3. The van der Waals surface area contributed by atoms with Gasteiger partial charge in [-0.15, -0.1) is 0 Å². The van der Waals surface area contributed by atoms with Gasteiger partial charge in [0, 0.05) is 12.3 Å². The predicted octanol–water partition coefficient (Wildman–Crippen LogP) is 1.62. The number of nitrogens with zero attached hydrogens (tertiary/aromatic N) is 1. The molecule has 1 aromatic rings. The van der Waals surface area contributed by atoms with Crippen LogP contribution in [0.4, 0.5) is 0 Å². The first kappa shape index (κ1) is 12.2. The second kappa shape index (κ2) is 5.27. The number of hydrogen-bond acceptors (Lipinski definition) is 4. The van der Waals surface area contributed by atoms with Crippen LogP contribution in [-0.2, 0) is 9.53 Å². The van der Waals surface area contributed by atoms with Crippen LogP contribution < -0.4 is 0 Å². The van der Waals surface area contributed by atoms with Crippen LogP contribution in [0.15, 0.2) is 18.3 Å². The molecule has 6 heteroatoms. The molecule has 0 fully saturated rings. The number of hydrogen-bond donors (Lipinski definition) is 1. The maximum absolute atomic E-state index is 10.8. The van der Waals surface area contributed by atoms with Crippen molar-refractivity contribution >= 4 is 29.6 Å². The second-order valence-electron chi connectivity index (χ2n) is 2.77. The normalized spacial score (nSPS) is 10.4. The highest BCUT2D eigenvalue weighted by Gasteiger charge is 2.09. The SMILES string of the molecule is COC(=O)C=Cc1cnc(Cl)c(C(=O)O)c1. The third-order valence-electron chi connectivity index (χ3n) is 1.70. The molecule has 1 heterocycles. The van der Waals surface area contributed by atoms with Crippen molar-refractivity contribution in [1.82, 2.24) is 4.98 Å². The summed E-state index contributed by atoms with van der Waals surface area (Å²) < 4.78 is 4.38. The van der Waals surface area contributed by atoms with E-state index in [-0.39, 0.29) is 10.7 Å². The number of aromatic carboxylic acids is 1. The van der Waals surface area contributed by atoms with E-state index in [0.717, 1.165) is 6.08 Å². The van der Waals surface area contributed by atoms with Gasteiger partial charge >= 0.3 is 11.9 Å². The van der Waals surface area contributed by atoms with Crippen LogP contribution in [0.25, 0.3) is 6.08 Å². The minimum absolute atomic E-state index is 0.0947. The number of ether oxygens (including phenoxy) is 1. The smallest absolute Gasteiger partial charge is 0.338 e. The number of aromatic nitrogens is 1. The van der Waals surface area contributed by atoms with Crippen molar-refractivity contribution in [1.29, 1.82) is 0 Å². The molecule has 1 rings (SSSR count). The number of carboxylic acid groups (broad SMARTS) is 1. The Morgan fingerprint density at radius 2 is 2.25 bits per heavy atom. The van der Waals surface area contributed by atoms with Crippen LogP contribution in [0.3, 0.4) is 0 Å². The summed E-state index contributed by atoms with van der Waals surface area (Å²) in [5, 5.41) is 8.68. The van der Waals surface area contributed by atoms with E-state index >= 15 is 0 Å². The lowest BCUT2D eigenvalue weighted by atomic mass is 10.2. The summed E-state index contributed by atoms with van der Waals surface area (Å²) in [4.78, 5) is 25.2. The Kier molecular flexibility index (Phi) is 4.02. The minimum Gasteiger partial charge on any atom is -0.478 e. The fourth-order valence-electron chi connectivity index (χ4n) is 0.938. The topological polar surface area (TPSA) is 76.5 Å². The number of carbonyl (C=O) groups excluding carboxylic acids is 1. The van der Waals surface area contributed by atoms with Crippen molar-refractivity contribution in [2.75, 3.05) is 7.11 Å². The number of methoxy groups -OCH3 is 1. The van der Waals surface area contributed by atoms with E-state index in [9.17, 15) is 9.59 Å². The number of halogens is 1. The maximum Gasteiger partial charge on any atom is 0.338 e. The molecule has 0 bridgehead atoms.